The van der Waals surface area contributed by atoms with E-state index in [9.17, 15) is 4.79 Å². The minimum absolute atomic E-state index is 0.139. The molecule has 0 amide bonds. The van der Waals surface area contributed by atoms with Gasteiger partial charge in [-0.05, 0) is 29.3 Å². The predicted molar refractivity (Wildman–Crippen MR) is 57.8 cm³/mol. The number of anilines is 1. The second-order valence-corrected chi connectivity index (χ2v) is 3.95. The standard InChI is InChI=1S/C9H13BrN2O/c1-3-6(2)12-4-7(10)9(13)8(11)5-12/h4-6H,3,11H2,1-2H3. The van der Waals surface area contributed by atoms with Gasteiger partial charge in [0.1, 0.15) is 0 Å². The van der Waals surface area contributed by atoms with Crippen LogP contribution in [-0.2, 0) is 0 Å². The molecule has 0 radical (unpaired) electrons. The van der Waals surface area contributed by atoms with Crippen LogP contribution in [0.15, 0.2) is 21.7 Å². The lowest BCUT2D eigenvalue weighted by molar-refractivity contribution is 0.527. The maximum absolute atomic E-state index is 11.2. The highest BCUT2D eigenvalue weighted by Crippen LogP contribution is 2.14. The van der Waals surface area contributed by atoms with Crippen LogP contribution in [0.2, 0.25) is 0 Å². The summed E-state index contributed by atoms with van der Waals surface area (Å²) in [6, 6.07) is 0.360. The smallest absolute Gasteiger partial charge is 0.218 e. The van der Waals surface area contributed by atoms with E-state index in [2.05, 4.69) is 29.8 Å². The van der Waals surface area contributed by atoms with Crippen LogP contribution >= 0.6 is 15.9 Å². The Hall–Kier alpha value is -0.770. The third-order valence-electron chi connectivity index (χ3n) is 2.13. The van der Waals surface area contributed by atoms with Crippen LogP contribution in [0.25, 0.3) is 0 Å². The summed E-state index contributed by atoms with van der Waals surface area (Å²) in [5.41, 5.74) is 5.70. The molecule has 1 rings (SSSR count). The number of aromatic nitrogens is 1. The van der Waals surface area contributed by atoms with Crippen molar-refractivity contribution in [3.63, 3.8) is 0 Å². The third kappa shape index (κ3) is 2.12. The average Bonchev–Trinajstić information content (AvgIpc) is 2.12. The van der Waals surface area contributed by atoms with Crippen LogP contribution < -0.4 is 11.2 Å². The molecule has 3 nitrogen and oxygen atoms in total. The summed E-state index contributed by atoms with van der Waals surface area (Å²) in [6.45, 7) is 4.17. The number of halogens is 1. The summed E-state index contributed by atoms with van der Waals surface area (Å²) >= 11 is 3.18. The van der Waals surface area contributed by atoms with E-state index in [1.807, 2.05) is 4.57 Å². The molecule has 0 bridgehead atoms. The predicted octanol–water partition coefficient (Wildman–Crippen LogP) is 2.16. The fraction of sp³-hybridized carbons (Fsp3) is 0.444. The van der Waals surface area contributed by atoms with Crippen LogP contribution in [0.1, 0.15) is 26.3 Å². The van der Waals surface area contributed by atoms with E-state index in [4.69, 9.17) is 5.73 Å². The molecule has 0 fully saturated rings. The van der Waals surface area contributed by atoms with Gasteiger partial charge in [-0.15, -0.1) is 0 Å². The normalized spacial score (nSPS) is 12.8. The Bertz CT molecular complexity index is 333. The molecule has 1 aromatic heterocycles. The number of hydrogen-bond acceptors (Lipinski definition) is 2. The molecule has 0 aliphatic rings. The molecule has 0 spiro atoms. The zero-order valence-corrected chi connectivity index (χ0v) is 9.34. The van der Waals surface area contributed by atoms with Crippen molar-refractivity contribution in [2.24, 2.45) is 0 Å². The summed E-state index contributed by atoms with van der Waals surface area (Å²) in [4.78, 5) is 11.2. The molecule has 0 aliphatic carbocycles. The molecule has 0 aliphatic heterocycles. The van der Waals surface area contributed by atoms with Gasteiger partial charge in [0, 0.05) is 18.4 Å². The molecule has 1 aromatic rings. The molecule has 13 heavy (non-hydrogen) atoms. The number of pyridine rings is 1. The average molecular weight is 245 g/mol. The molecule has 4 heteroatoms. The molecule has 1 atom stereocenters. The Morgan fingerprint density at radius 2 is 2.23 bits per heavy atom. The lowest BCUT2D eigenvalue weighted by atomic mass is 10.2. The van der Waals surface area contributed by atoms with E-state index in [1.165, 1.54) is 0 Å². The third-order valence-corrected chi connectivity index (χ3v) is 2.69. The first kappa shape index (κ1) is 10.3. The van der Waals surface area contributed by atoms with Gasteiger partial charge in [0.15, 0.2) is 0 Å². The molecule has 1 heterocycles. The monoisotopic (exact) mass is 244 g/mol. The van der Waals surface area contributed by atoms with Gasteiger partial charge in [0.25, 0.3) is 0 Å². The van der Waals surface area contributed by atoms with Gasteiger partial charge in [-0.3, -0.25) is 4.79 Å². The topological polar surface area (TPSA) is 48.0 Å². The first-order chi connectivity index (χ1) is 6.06. The molecule has 0 saturated heterocycles. The van der Waals surface area contributed by atoms with Gasteiger partial charge in [-0.2, -0.15) is 0 Å². The van der Waals surface area contributed by atoms with Gasteiger partial charge in [0.05, 0.1) is 10.2 Å². The maximum Gasteiger partial charge on any atom is 0.218 e. The van der Waals surface area contributed by atoms with Crippen LogP contribution in [0.4, 0.5) is 5.69 Å². The minimum Gasteiger partial charge on any atom is -0.394 e. The van der Waals surface area contributed by atoms with Crippen LogP contribution in [0.5, 0.6) is 0 Å². The molecule has 0 saturated carbocycles. The fourth-order valence-corrected chi connectivity index (χ4v) is 1.51. The SMILES string of the molecule is CCC(C)n1cc(N)c(=O)c(Br)c1. The summed E-state index contributed by atoms with van der Waals surface area (Å²) in [7, 11) is 0. The second kappa shape index (κ2) is 3.96. The highest BCUT2D eigenvalue weighted by molar-refractivity contribution is 9.10. The number of nitrogens with two attached hydrogens (primary N) is 1. The van der Waals surface area contributed by atoms with Crippen molar-refractivity contribution in [2.45, 2.75) is 26.3 Å². The number of hydrogen-bond donors (Lipinski definition) is 1. The van der Waals surface area contributed by atoms with Crippen molar-refractivity contribution < 1.29 is 0 Å². The Morgan fingerprint density at radius 3 is 2.69 bits per heavy atom. The van der Waals surface area contributed by atoms with Gasteiger partial charge < -0.3 is 10.3 Å². The Morgan fingerprint density at radius 1 is 1.62 bits per heavy atom. The highest BCUT2D eigenvalue weighted by atomic mass is 79.9. The van der Waals surface area contributed by atoms with Gasteiger partial charge >= 0.3 is 0 Å². The summed E-state index contributed by atoms with van der Waals surface area (Å²) < 4.78 is 2.47. The molecular formula is C9H13BrN2O. The summed E-state index contributed by atoms with van der Waals surface area (Å²) in [5.74, 6) is 0. The van der Waals surface area contributed by atoms with E-state index in [0.29, 0.717) is 10.5 Å². The molecule has 1 unspecified atom stereocenters. The largest absolute Gasteiger partial charge is 0.394 e. The quantitative estimate of drug-likeness (QED) is 0.867. The van der Waals surface area contributed by atoms with E-state index in [1.54, 1.807) is 12.4 Å². The van der Waals surface area contributed by atoms with Crippen LogP contribution in [0.3, 0.4) is 0 Å². The van der Waals surface area contributed by atoms with E-state index < -0.39 is 0 Å². The zero-order valence-electron chi connectivity index (χ0n) is 7.75. The lowest BCUT2D eigenvalue weighted by Crippen LogP contribution is -2.14. The lowest BCUT2D eigenvalue weighted by Gasteiger charge is -2.14. The fourth-order valence-electron chi connectivity index (χ4n) is 1.05. The molecular weight excluding hydrogens is 232 g/mol. The first-order valence-corrected chi connectivity index (χ1v) is 5.02. The van der Waals surface area contributed by atoms with Crippen molar-refractivity contribution in [3.05, 3.63) is 27.1 Å². The summed E-state index contributed by atoms with van der Waals surface area (Å²) in [5, 5.41) is 0. The van der Waals surface area contributed by atoms with E-state index in [-0.39, 0.29) is 11.1 Å². The molecule has 72 valence electrons. The van der Waals surface area contributed by atoms with E-state index in [0.717, 1.165) is 6.42 Å². The minimum atomic E-state index is -0.139. The van der Waals surface area contributed by atoms with Gasteiger partial charge in [-0.1, -0.05) is 6.92 Å². The Kier molecular flexibility index (Phi) is 3.14. The van der Waals surface area contributed by atoms with E-state index >= 15 is 0 Å². The molecule has 0 aromatic carbocycles. The van der Waals surface area contributed by atoms with Crippen LogP contribution in [0, 0.1) is 0 Å². The number of nitrogens with zero attached hydrogens (tertiary/aromatic N) is 1. The molecule has 2 N–H and O–H groups in total. The number of nitrogen functional groups attached to an aromatic ring is 1. The maximum atomic E-state index is 11.2. The van der Waals surface area contributed by atoms with Gasteiger partial charge in [0.2, 0.25) is 5.43 Å². The van der Waals surface area contributed by atoms with Crippen molar-refractivity contribution >= 4 is 21.6 Å². The van der Waals surface area contributed by atoms with Crippen molar-refractivity contribution in [1.29, 1.82) is 0 Å². The second-order valence-electron chi connectivity index (χ2n) is 3.10. The first-order valence-electron chi connectivity index (χ1n) is 4.23. The zero-order chi connectivity index (χ0) is 10.0. The Balaban J connectivity index is 3.20. The van der Waals surface area contributed by atoms with Crippen LogP contribution in [-0.4, -0.2) is 4.57 Å². The van der Waals surface area contributed by atoms with Crippen molar-refractivity contribution in [2.75, 3.05) is 5.73 Å². The number of rotatable bonds is 2. The summed E-state index contributed by atoms with van der Waals surface area (Å²) in [6.07, 6.45) is 4.46. The van der Waals surface area contributed by atoms with Crippen molar-refractivity contribution in [1.82, 2.24) is 4.57 Å². The highest BCUT2D eigenvalue weighted by Gasteiger charge is 2.05. The van der Waals surface area contributed by atoms with Crippen molar-refractivity contribution in [3.8, 4) is 0 Å². The van der Waals surface area contributed by atoms with Gasteiger partial charge in [-0.25, -0.2) is 0 Å². The Labute approximate surface area is 85.7 Å².